The molecule has 1 saturated carbocycles. The predicted molar refractivity (Wildman–Crippen MR) is 57.9 cm³/mol. The van der Waals surface area contributed by atoms with E-state index >= 15 is 0 Å². The maximum absolute atomic E-state index is 6.37. The maximum atomic E-state index is 6.37. The first kappa shape index (κ1) is 9.22. The van der Waals surface area contributed by atoms with Crippen molar-refractivity contribution in [3.8, 4) is 0 Å². The van der Waals surface area contributed by atoms with Gasteiger partial charge >= 0.3 is 0 Å². The van der Waals surface area contributed by atoms with Crippen molar-refractivity contribution in [1.82, 2.24) is 0 Å². The van der Waals surface area contributed by atoms with Gasteiger partial charge in [-0.3, -0.25) is 0 Å². The van der Waals surface area contributed by atoms with Crippen molar-refractivity contribution < 1.29 is 0 Å². The molecule has 2 N–H and O–H groups in total. The molecule has 2 heteroatoms. The van der Waals surface area contributed by atoms with Crippen LogP contribution < -0.4 is 5.73 Å². The number of hydrogen-bond acceptors (Lipinski definition) is 2. The highest BCUT2D eigenvalue weighted by atomic mass is 32.1. The summed E-state index contributed by atoms with van der Waals surface area (Å²) in [5.41, 5.74) is 7.76. The fourth-order valence-electron chi connectivity index (χ4n) is 2.25. The normalized spacial score (nSPS) is 32.5. The first-order valence-corrected chi connectivity index (χ1v) is 5.77. The maximum Gasteiger partial charge on any atom is 0.0541 e. The lowest BCUT2D eigenvalue weighted by Crippen LogP contribution is -2.23. The van der Waals surface area contributed by atoms with E-state index in [1.54, 1.807) is 0 Å². The summed E-state index contributed by atoms with van der Waals surface area (Å²) in [6.45, 7) is 6.70. The fraction of sp³-hybridized carbons (Fsp3) is 0.636. The van der Waals surface area contributed by atoms with Gasteiger partial charge in [0.2, 0.25) is 0 Å². The SMILES string of the molecule is Cc1ccsc1C1(N)CC1C(C)C. The van der Waals surface area contributed by atoms with E-state index in [0.717, 1.165) is 0 Å². The Balaban J connectivity index is 2.25. The molecule has 2 atom stereocenters. The average Bonchev–Trinajstić information content (AvgIpc) is 2.53. The second kappa shape index (κ2) is 2.82. The Morgan fingerprint density at radius 2 is 2.31 bits per heavy atom. The van der Waals surface area contributed by atoms with Gasteiger partial charge in [0.25, 0.3) is 0 Å². The molecule has 0 saturated heterocycles. The fourth-order valence-corrected chi connectivity index (χ4v) is 3.36. The van der Waals surface area contributed by atoms with Gasteiger partial charge < -0.3 is 5.73 Å². The molecule has 0 bridgehead atoms. The van der Waals surface area contributed by atoms with Crippen molar-refractivity contribution in [2.75, 3.05) is 0 Å². The van der Waals surface area contributed by atoms with E-state index in [-0.39, 0.29) is 5.54 Å². The third kappa shape index (κ3) is 1.32. The van der Waals surface area contributed by atoms with Gasteiger partial charge in [-0.05, 0) is 42.2 Å². The molecule has 0 spiro atoms. The summed E-state index contributed by atoms with van der Waals surface area (Å²) in [7, 11) is 0. The topological polar surface area (TPSA) is 26.0 Å². The van der Waals surface area contributed by atoms with Crippen LogP contribution in [0.5, 0.6) is 0 Å². The highest BCUT2D eigenvalue weighted by Crippen LogP contribution is 2.55. The summed E-state index contributed by atoms with van der Waals surface area (Å²) in [5.74, 6) is 1.41. The van der Waals surface area contributed by atoms with Crippen molar-refractivity contribution in [2.45, 2.75) is 32.7 Å². The first-order chi connectivity index (χ1) is 6.05. The molecule has 0 aliphatic heterocycles. The molecule has 1 aliphatic rings. The molecule has 1 aromatic rings. The lowest BCUT2D eigenvalue weighted by molar-refractivity contribution is 0.491. The standard InChI is InChI=1S/C11H17NS/c1-7(2)9-6-11(9,12)10-8(3)4-5-13-10/h4-5,7,9H,6,12H2,1-3H3. The lowest BCUT2D eigenvalue weighted by atomic mass is 10.0. The van der Waals surface area contributed by atoms with Crippen molar-refractivity contribution >= 4 is 11.3 Å². The molecule has 0 amide bonds. The summed E-state index contributed by atoms with van der Waals surface area (Å²) in [5, 5.41) is 2.15. The largest absolute Gasteiger partial charge is 0.320 e. The Labute approximate surface area is 84.0 Å². The average molecular weight is 195 g/mol. The summed E-state index contributed by atoms with van der Waals surface area (Å²) >= 11 is 1.82. The van der Waals surface area contributed by atoms with Gasteiger partial charge in [0, 0.05) is 4.88 Å². The van der Waals surface area contributed by atoms with E-state index in [1.807, 2.05) is 11.3 Å². The summed E-state index contributed by atoms with van der Waals surface area (Å²) < 4.78 is 0. The third-order valence-electron chi connectivity index (χ3n) is 3.15. The molecule has 1 nitrogen and oxygen atoms in total. The molecule has 2 rings (SSSR count). The van der Waals surface area contributed by atoms with Crippen LogP contribution in [-0.4, -0.2) is 0 Å². The van der Waals surface area contributed by atoms with Crippen molar-refractivity contribution in [3.63, 3.8) is 0 Å². The molecule has 13 heavy (non-hydrogen) atoms. The van der Waals surface area contributed by atoms with E-state index in [2.05, 4.69) is 32.2 Å². The number of hydrogen-bond donors (Lipinski definition) is 1. The summed E-state index contributed by atoms with van der Waals surface area (Å²) in [6.07, 6.45) is 1.17. The molecule has 1 heterocycles. The minimum absolute atomic E-state index is 0.0203. The van der Waals surface area contributed by atoms with Crippen LogP contribution in [0.15, 0.2) is 11.4 Å². The van der Waals surface area contributed by atoms with Gasteiger partial charge in [-0.1, -0.05) is 13.8 Å². The van der Waals surface area contributed by atoms with E-state index in [9.17, 15) is 0 Å². The minimum atomic E-state index is 0.0203. The van der Waals surface area contributed by atoms with Crippen LogP contribution in [-0.2, 0) is 5.54 Å². The number of rotatable bonds is 2. The Kier molecular flexibility index (Phi) is 2.00. The smallest absolute Gasteiger partial charge is 0.0541 e. The quantitative estimate of drug-likeness (QED) is 0.771. The van der Waals surface area contributed by atoms with Crippen LogP contribution >= 0.6 is 11.3 Å². The van der Waals surface area contributed by atoms with Gasteiger partial charge in [0.1, 0.15) is 0 Å². The summed E-state index contributed by atoms with van der Waals surface area (Å²) in [4.78, 5) is 1.41. The van der Waals surface area contributed by atoms with Crippen LogP contribution in [0, 0.1) is 18.8 Å². The molecule has 72 valence electrons. The van der Waals surface area contributed by atoms with Gasteiger partial charge in [-0.2, -0.15) is 0 Å². The number of aryl methyl sites for hydroxylation is 1. The zero-order valence-electron chi connectivity index (χ0n) is 8.50. The van der Waals surface area contributed by atoms with Crippen molar-refractivity contribution in [2.24, 2.45) is 17.6 Å². The lowest BCUT2D eigenvalue weighted by Gasteiger charge is -2.12. The molecule has 0 aromatic carbocycles. The Bertz CT molecular complexity index is 316. The Morgan fingerprint density at radius 3 is 2.69 bits per heavy atom. The highest BCUT2D eigenvalue weighted by Gasteiger charge is 2.54. The molecule has 0 radical (unpaired) electrons. The monoisotopic (exact) mass is 195 g/mol. The van der Waals surface area contributed by atoms with Gasteiger partial charge in [0.05, 0.1) is 5.54 Å². The van der Waals surface area contributed by atoms with E-state index < -0.39 is 0 Å². The second-order valence-corrected chi connectivity index (χ2v) is 5.44. The zero-order chi connectivity index (χ0) is 9.64. The summed E-state index contributed by atoms with van der Waals surface area (Å²) in [6, 6.07) is 2.17. The van der Waals surface area contributed by atoms with Crippen LogP contribution in [0.1, 0.15) is 30.7 Å². The van der Waals surface area contributed by atoms with E-state index in [4.69, 9.17) is 5.73 Å². The van der Waals surface area contributed by atoms with Crippen LogP contribution in [0.4, 0.5) is 0 Å². The molecule has 2 unspecified atom stereocenters. The number of nitrogens with two attached hydrogens (primary N) is 1. The molecule has 1 fully saturated rings. The second-order valence-electron chi connectivity index (χ2n) is 4.53. The van der Waals surface area contributed by atoms with Crippen LogP contribution in [0.2, 0.25) is 0 Å². The molecular weight excluding hydrogens is 178 g/mol. The Morgan fingerprint density at radius 1 is 1.62 bits per heavy atom. The van der Waals surface area contributed by atoms with Gasteiger partial charge in [-0.15, -0.1) is 11.3 Å². The predicted octanol–water partition coefficient (Wildman–Crippen LogP) is 2.89. The van der Waals surface area contributed by atoms with Crippen LogP contribution in [0.25, 0.3) is 0 Å². The first-order valence-electron chi connectivity index (χ1n) is 4.89. The van der Waals surface area contributed by atoms with Gasteiger partial charge in [0.15, 0.2) is 0 Å². The van der Waals surface area contributed by atoms with Crippen molar-refractivity contribution in [3.05, 3.63) is 21.9 Å². The molecular formula is C11H17NS. The Hall–Kier alpha value is -0.340. The number of thiophene rings is 1. The van der Waals surface area contributed by atoms with Crippen molar-refractivity contribution in [1.29, 1.82) is 0 Å². The van der Waals surface area contributed by atoms with E-state index in [0.29, 0.717) is 11.8 Å². The van der Waals surface area contributed by atoms with Gasteiger partial charge in [-0.25, -0.2) is 0 Å². The van der Waals surface area contributed by atoms with E-state index in [1.165, 1.54) is 16.9 Å². The highest BCUT2D eigenvalue weighted by molar-refractivity contribution is 7.10. The molecule has 1 aromatic heterocycles. The van der Waals surface area contributed by atoms with Crippen LogP contribution in [0.3, 0.4) is 0 Å². The minimum Gasteiger partial charge on any atom is -0.320 e. The zero-order valence-corrected chi connectivity index (χ0v) is 9.32. The molecule has 1 aliphatic carbocycles. The third-order valence-corrected chi connectivity index (χ3v) is 4.36.